The van der Waals surface area contributed by atoms with Crippen LogP contribution in [0.25, 0.3) is 0 Å². The Labute approximate surface area is 117 Å². The van der Waals surface area contributed by atoms with Crippen LogP contribution in [-0.4, -0.2) is 17.8 Å². The van der Waals surface area contributed by atoms with E-state index in [1.165, 1.54) is 4.57 Å². The number of nitrogens with two attached hydrogens (primary N) is 1. The normalized spacial score (nSPS) is 10.2. The molecule has 0 fully saturated rings. The summed E-state index contributed by atoms with van der Waals surface area (Å²) in [5.41, 5.74) is 5.61. The van der Waals surface area contributed by atoms with E-state index in [2.05, 4.69) is 0 Å². The number of anilines is 1. The molecule has 2 N–H and O–H groups in total. The van der Waals surface area contributed by atoms with Gasteiger partial charge in [-0.3, -0.25) is 4.79 Å². The highest BCUT2D eigenvalue weighted by Crippen LogP contribution is 2.26. The Morgan fingerprint density at radius 3 is 2.50 bits per heavy atom. The van der Waals surface area contributed by atoms with E-state index in [-0.39, 0.29) is 11.2 Å². The number of nitrogens with zero attached hydrogens (tertiary/aromatic N) is 1. The summed E-state index contributed by atoms with van der Waals surface area (Å²) in [5, 5.41) is 0. The Morgan fingerprint density at radius 2 is 1.80 bits per heavy atom. The third kappa shape index (κ3) is 3.32. The predicted molar refractivity (Wildman–Crippen MR) is 78.2 cm³/mol. The van der Waals surface area contributed by atoms with Gasteiger partial charge in [0.1, 0.15) is 6.61 Å². The molecule has 0 saturated carbocycles. The van der Waals surface area contributed by atoms with Crippen molar-refractivity contribution < 1.29 is 9.47 Å². The lowest BCUT2D eigenvalue weighted by molar-refractivity contribution is 0.265. The second-order valence-electron chi connectivity index (χ2n) is 4.19. The number of benzene rings is 1. The Bertz CT molecular complexity index is 623. The molecule has 0 aliphatic heterocycles. The van der Waals surface area contributed by atoms with Crippen LogP contribution in [0.15, 0.2) is 47.4 Å². The summed E-state index contributed by atoms with van der Waals surface area (Å²) in [6.07, 6.45) is 1.69. The summed E-state index contributed by atoms with van der Waals surface area (Å²) < 4.78 is 12.7. The number of hydrogen-bond donors (Lipinski definition) is 1. The largest absolute Gasteiger partial charge is 0.490 e. The smallest absolute Gasteiger partial charge is 0.273 e. The lowest BCUT2D eigenvalue weighted by atomic mass is 10.3. The average molecular weight is 274 g/mol. The van der Waals surface area contributed by atoms with Crippen LogP contribution in [0.3, 0.4) is 0 Å². The van der Waals surface area contributed by atoms with Gasteiger partial charge in [0, 0.05) is 6.20 Å². The maximum absolute atomic E-state index is 11.7. The first-order valence-corrected chi connectivity index (χ1v) is 6.52. The van der Waals surface area contributed by atoms with Gasteiger partial charge >= 0.3 is 0 Å². The van der Waals surface area contributed by atoms with E-state index in [0.717, 1.165) is 0 Å². The molecule has 0 aliphatic rings. The molecule has 0 aliphatic carbocycles. The van der Waals surface area contributed by atoms with Crippen LogP contribution in [0.5, 0.6) is 11.5 Å². The van der Waals surface area contributed by atoms with Crippen molar-refractivity contribution >= 4 is 5.69 Å². The van der Waals surface area contributed by atoms with E-state index >= 15 is 0 Å². The van der Waals surface area contributed by atoms with E-state index in [1.54, 1.807) is 18.3 Å². The van der Waals surface area contributed by atoms with Crippen LogP contribution in [0.2, 0.25) is 0 Å². The molecule has 5 nitrogen and oxygen atoms in total. The van der Waals surface area contributed by atoms with Gasteiger partial charge in [-0.25, -0.2) is 0 Å². The van der Waals surface area contributed by atoms with Gasteiger partial charge in [-0.1, -0.05) is 12.1 Å². The molecule has 0 amide bonds. The Balaban J connectivity index is 1.99. The number of rotatable bonds is 6. The van der Waals surface area contributed by atoms with Gasteiger partial charge in [0.15, 0.2) is 11.5 Å². The lowest BCUT2D eigenvalue weighted by Crippen LogP contribution is -2.24. The zero-order valence-electron chi connectivity index (χ0n) is 11.4. The third-order valence-electron chi connectivity index (χ3n) is 2.79. The van der Waals surface area contributed by atoms with Crippen molar-refractivity contribution in [2.45, 2.75) is 13.5 Å². The van der Waals surface area contributed by atoms with Gasteiger partial charge in [-0.2, -0.15) is 0 Å². The molecule has 1 aromatic heterocycles. The van der Waals surface area contributed by atoms with Crippen molar-refractivity contribution in [3.8, 4) is 11.5 Å². The Morgan fingerprint density at radius 1 is 1.10 bits per heavy atom. The van der Waals surface area contributed by atoms with E-state index in [0.29, 0.717) is 31.3 Å². The highest BCUT2D eigenvalue weighted by Gasteiger charge is 2.04. The number of aromatic nitrogens is 1. The monoisotopic (exact) mass is 274 g/mol. The van der Waals surface area contributed by atoms with E-state index < -0.39 is 0 Å². The summed E-state index contributed by atoms with van der Waals surface area (Å²) >= 11 is 0. The molecule has 0 atom stereocenters. The number of pyridine rings is 1. The molecule has 106 valence electrons. The highest BCUT2D eigenvalue weighted by molar-refractivity contribution is 5.39. The van der Waals surface area contributed by atoms with Gasteiger partial charge in [0.2, 0.25) is 0 Å². The molecular formula is C15H18N2O3. The van der Waals surface area contributed by atoms with E-state index in [9.17, 15) is 4.79 Å². The maximum Gasteiger partial charge on any atom is 0.273 e. The fraction of sp³-hybridized carbons (Fsp3) is 0.267. The minimum Gasteiger partial charge on any atom is -0.490 e. The topological polar surface area (TPSA) is 66.5 Å². The summed E-state index contributed by atoms with van der Waals surface area (Å²) in [6.45, 7) is 3.30. The molecule has 20 heavy (non-hydrogen) atoms. The molecular weight excluding hydrogens is 256 g/mol. The summed E-state index contributed by atoms with van der Waals surface area (Å²) in [6, 6.07) is 10.8. The number of nitrogen functional groups attached to an aromatic ring is 1. The molecule has 0 unspecified atom stereocenters. The second-order valence-corrected chi connectivity index (χ2v) is 4.19. The fourth-order valence-corrected chi connectivity index (χ4v) is 1.83. The van der Waals surface area contributed by atoms with Crippen LogP contribution < -0.4 is 20.8 Å². The summed E-state index contributed by atoms with van der Waals surface area (Å²) in [7, 11) is 0. The number of ether oxygens (including phenoxy) is 2. The summed E-state index contributed by atoms with van der Waals surface area (Å²) in [4.78, 5) is 11.7. The van der Waals surface area contributed by atoms with Crippen molar-refractivity contribution in [3.05, 3.63) is 52.9 Å². The molecule has 0 bridgehead atoms. The standard InChI is InChI=1S/C15H18N2O3/c1-2-19-13-7-3-4-8-14(13)20-11-10-17-9-5-6-12(16)15(17)18/h3-9H,2,10-11,16H2,1H3. The lowest BCUT2D eigenvalue weighted by Gasteiger charge is -2.12. The van der Waals surface area contributed by atoms with Gasteiger partial charge < -0.3 is 19.8 Å². The minimum atomic E-state index is -0.200. The van der Waals surface area contributed by atoms with Crippen LogP contribution in [0, 0.1) is 0 Å². The van der Waals surface area contributed by atoms with E-state index in [1.807, 2.05) is 31.2 Å². The van der Waals surface area contributed by atoms with Crippen LogP contribution in [0.4, 0.5) is 5.69 Å². The second kappa shape index (κ2) is 6.65. The quantitative estimate of drug-likeness (QED) is 0.873. The summed E-state index contributed by atoms with van der Waals surface area (Å²) in [5.74, 6) is 1.38. The Kier molecular flexibility index (Phi) is 4.65. The molecule has 2 aromatic rings. The molecule has 5 heteroatoms. The van der Waals surface area contributed by atoms with Crippen molar-refractivity contribution in [1.82, 2.24) is 4.57 Å². The zero-order valence-corrected chi connectivity index (χ0v) is 11.4. The minimum absolute atomic E-state index is 0.200. The van der Waals surface area contributed by atoms with Crippen molar-refractivity contribution in [1.29, 1.82) is 0 Å². The van der Waals surface area contributed by atoms with Crippen molar-refractivity contribution in [3.63, 3.8) is 0 Å². The molecule has 0 radical (unpaired) electrons. The maximum atomic E-state index is 11.7. The van der Waals surface area contributed by atoms with Crippen LogP contribution in [0.1, 0.15) is 6.92 Å². The van der Waals surface area contributed by atoms with Gasteiger partial charge in [0.25, 0.3) is 5.56 Å². The zero-order chi connectivity index (χ0) is 14.4. The fourth-order valence-electron chi connectivity index (χ4n) is 1.83. The predicted octanol–water partition coefficient (Wildman–Crippen LogP) is 1.91. The first kappa shape index (κ1) is 14.0. The van der Waals surface area contributed by atoms with Gasteiger partial charge in [-0.15, -0.1) is 0 Å². The molecule has 1 heterocycles. The molecule has 1 aromatic carbocycles. The SMILES string of the molecule is CCOc1ccccc1OCCn1cccc(N)c1=O. The first-order chi connectivity index (χ1) is 9.72. The number of hydrogen-bond acceptors (Lipinski definition) is 4. The van der Waals surface area contributed by atoms with Crippen molar-refractivity contribution in [2.24, 2.45) is 0 Å². The van der Waals surface area contributed by atoms with Crippen molar-refractivity contribution in [2.75, 3.05) is 18.9 Å². The average Bonchev–Trinajstić information content (AvgIpc) is 2.45. The van der Waals surface area contributed by atoms with Gasteiger partial charge in [-0.05, 0) is 31.2 Å². The third-order valence-corrected chi connectivity index (χ3v) is 2.79. The molecule has 2 rings (SSSR count). The molecule has 0 saturated heterocycles. The number of para-hydroxylation sites is 2. The highest BCUT2D eigenvalue weighted by atomic mass is 16.5. The Hall–Kier alpha value is -2.43. The van der Waals surface area contributed by atoms with E-state index in [4.69, 9.17) is 15.2 Å². The molecule has 0 spiro atoms. The van der Waals surface area contributed by atoms with Gasteiger partial charge in [0.05, 0.1) is 18.8 Å². The van der Waals surface area contributed by atoms with Crippen LogP contribution >= 0.6 is 0 Å². The van der Waals surface area contributed by atoms with Crippen LogP contribution in [-0.2, 0) is 6.54 Å². The first-order valence-electron chi connectivity index (χ1n) is 6.52.